The summed E-state index contributed by atoms with van der Waals surface area (Å²) < 4.78 is 132. The fraction of sp³-hybridized carbons (Fsp3) is 0. The number of rotatable bonds is 7. The van der Waals surface area contributed by atoms with E-state index in [-0.39, 0.29) is 33.6 Å². The van der Waals surface area contributed by atoms with Crippen molar-refractivity contribution in [3.8, 4) is 34.1 Å². The highest BCUT2D eigenvalue weighted by Gasteiger charge is 2.39. The second-order valence-corrected chi connectivity index (χ2v) is 12.1. The molecule has 6 aromatic rings. The van der Waals surface area contributed by atoms with Gasteiger partial charge in [-0.3, -0.25) is 19.2 Å². The van der Waals surface area contributed by atoms with Crippen LogP contribution in [-0.2, 0) is 0 Å². The molecule has 278 valence electrons. The number of halogens is 8. The monoisotopic (exact) mass is 772 g/mol. The van der Waals surface area contributed by atoms with E-state index in [2.05, 4.69) is 0 Å². The summed E-state index contributed by atoms with van der Waals surface area (Å²) in [7, 11) is 0. The summed E-state index contributed by atoms with van der Waals surface area (Å²) in [4.78, 5) is 52.6. The Morgan fingerprint density at radius 3 is 0.839 bits per heavy atom. The van der Waals surface area contributed by atoms with Crippen molar-refractivity contribution in [2.75, 3.05) is 9.80 Å². The average Bonchev–Trinajstić information content (AvgIpc) is 3.62. The lowest BCUT2D eigenvalue weighted by molar-refractivity contribution is 0.0910. The molecule has 56 heavy (non-hydrogen) atoms. The van der Waals surface area contributed by atoms with Crippen LogP contribution in [0.2, 0.25) is 0 Å². The van der Waals surface area contributed by atoms with Crippen LogP contribution in [0, 0.1) is 46.5 Å². The van der Waals surface area contributed by atoms with E-state index in [9.17, 15) is 19.2 Å². The third kappa shape index (κ3) is 5.36. The topological polar surface area (TPSA) is 93.2 Å². The molecule has 0 aromatic heterocycles. The maximum Gasteiger partial charge on any atom is 0.266 e. The van der Waals surface area contributed by atoms with Gasteiger partial charge in [0, 0.05) is 0 Å². The zero-order chi connectivity index (χ0) is 39.7. The summed E-state index contributed by atoms with van der Waals surface area (Å²) in [5.41, 5.74) is -3.82. The summed E-state index contributed by atoms with van der Waals surface area (Å²) in [5.74, 6) is -26.5. The van der Waals surface area contributed by atoms with Gasteiger partial charge in [-0.25, -0.2) is 27.4 Å². The Kier molecular flexibility index (Phi) is 8.40. The van der Waals surface area contributed by atoms with E-state index in [4.69, 9.17) is 9.47 Å². The van der Waals surface area contributed by atoms with Crippen molar-refractivity contribution < 1.29 is 63.8 Å². The summed E-state index contributed by atoms with van der Waals surface area (Å²) in [6.07, 6.45) is 0. The minimum absolute atomic E-state index is 0.00181. The molecule has 0 saturated heterocycles. The summed E-state index contributed by atoms with van der Waals surface area (Å²) in [5, 5.41) is 0. The quantitative estimate of drug-likeness (QED) is 0.0912. The van der Waals surface area contributed by atoms with E-state index in [1.165, 1.54) is 24.3 Å². The lowest BCUT2D eigenvalue weighted by Crippen LogP contribution is -2.29. The Morgan fingerprint density at radius 1 is 0.339 bits per heavy atom. The number of carbonyl (C=O) groups is 4. The van der Waals surface area contributed by atoms with Gasteiger partial charge in [-0.15, -0.1) is 0 Å². The van der Waals surface area contributed by atoms with E-state index >= 15 is 35.1 Å². The highest BCUT2D eigenvalue weighted by atomic mass is 19.2. The number of hydrogen-bond donors (Lipinski definition) is 0. The molecule has 2 heterocycles. The Hall–Kier alpha value is -7.36. The first-order valence-corrected chi connectivity index (χ1v) is 16.0. The minimum Gasteiger partial charge on any atom is -0.451 e. The average molecular weight is 773 g/mol. The molecular formula is C40H16F8N2O6. The minimum atomic E-state index is -2.49. The summed E-state index contributed by atoms with van der Waals surface area (Å²) in [6, 6.07) is 20.3. The Balaban J connectivity index is 1.06. The molecule has 0 atom stereocenters. The van der Waals surface area contributed by atoms with Crippen molar-refractivity contribution >= 4 is 35.0 Å². The normalized spacial score (nSPS) is 13.4. The van der Waals surface area contributed by atoms with Gasteiger partial charge in [-0.05, 0) is 72.8 Å². The van der Waals surface area contributed by atoms with E-state index in [1.54, 1.807) is 24.3 Å². The molecule has 8 rings (SSSR count). The molecule has 0 spiro atoms. The van der Waals surface area contributed by atoms with Gasteiger partial charge in [0.2, 0.25) is 34.8 Å². The van der Waals surface area contributed by atoms with Gasteiger partial charge in [0.25, 0.3) is 23.6 Å². The zero-order valence-corrected chi connectivity index (χ0v) is 27.6. The van der Waals surface area contributed by atoms with Crippen molar-refractivity contribution in [2.24, 2.45) is 0 Å². The standard InChI is InChI=1S/C40H16F8N2O6/c41-27-25(28(42)32(46)35(31(27)45)55-19-13-9-17(10-14-19)49-37(51)21-5-1-2-6-22(21)38(49)52)26-29(43)33(47)36(34(48)30(26)44)56-20-15-11-18(12-16-20)50-39(53)23-7-3-4-8-24(23)40(50)54/h1-16H. The van der Waals surface area contributed by atoms with Crippen LogP contribution in [0.5, 0.6) is 23.0 Å². The molecule has 0 N–H and O–H groups in total. The number of hydrogen-bond acceptors (Lipinski definition) is 6. The Morgan fingerprint density at radius 2 is 0.589 bits per heavy atom. The predicted molar refractivity (Wildman–Crippen MR) is 180 cm³/mol. The Labute approximate surface area is 308 Å². The van der Waals surface area contributed by atoms with Crippen LogP contribution < -0.4 is 19.3 Å². The molecule has 6 aromatic carbocycles. The van der Waals surface area contributed by atoms with Crippen molar-refractivity contribution in [1.29, 1.82) is 0 Å². The van der Waals surface area contributed by atoms with Gasteiger partial charge in [0.05, 0.1) is 44.8 Å². The van der Waals surface area contributed by atoms with E-state index in [1.807, 2.05) is 0 Å². The number of ether oxygens (including phenoxy) is 2. The van der Waals surface area contributed by atoms with Crippen LogP contribution in [0.3, 0.4) is 0 Å². The smallest absolute Gasteiger partial charge is 0.266 e. The van der Waals surface area contributed by atoms with Crippen LogP contribution >= 0.6 is 0 Å². The lowest BCUT2D eigenvalue weighted by atomic mass is 10.0. The number of benzene rings is 6. The number of imide groups is 2. The van der Waals surface area contributed by atoms with Crippen LogP contribution in [0.4, 0.5) is 46.5 Å². The van der Waals surface area contributed by atoms with Crippen LogP contribution in [0.15, 0.2) is 97.1 Å². The molecule has 0 saturated carbocycles. The number of fused-ring (bicyclic) bond motifs is 2. The first-order chi connectivity index (χ1) is 26.8. The SMILES string of the molecule is O=C1c2ccccc2C(=O)N1c1ccc(Oc2c(F)c(F)c(-c3c(F)c(F)c(Oc4ccc(N5C(=O)c6ccccc6C5=O)cc4)c(F)c3F)c(F)c2F)cc1. The molecule has 0 radical (unpaired) electrons. The van der Waals surface area contributed by atoms with Crippen molar-refractivity contribution in [3.63, 3.8) is 0 Å². The summed E-state index contributed by atoms with van der Waals surface area (Å²) >= 11 is 0. The fourth-order valence-corrected chi connectivity index (χ4v) is 6.25. The largest absolute Gasteiger partial charge is 0.451 e. The van der Waals surface area contributed by atoms with Gasteiger partial charge < -0.3 is 9.47 Å². The van der Waals surface area contributed by atoms with Gasteiger partial charge in [0.1, 0.15) is 11.5 Å². The number of anilines is 2. The first kappa shape index (κ1) is 35.7. The van der Waals surface area contributed by atoms with Crippen molar-refractivity contribution in [2.45, 2.75) is 0 Å². The van der Waals surface area contributed by atoms with Gasteiger partial charge in [-0.1, -0.05) is 24.3 Å². The molecule has 4 amide bonds. The van der Waals surface area contributed by atoms with Crippen LogP contribution in [-0.4, -0.2) is 23.6 Å². The van der Waals surface area contributed by atoms with E-state index < -0.39 is 104 Å². The zero-order valence-electron chi connectivity index (χ0n) is 27.6. The van der Waals surface area contributed by atoms with Crippen LogP contribution in [0.1, 0.15) is 41.4 Å². The molecule has 2 aliphatic heterocycles. The van der Waals surface area contributed by atoms with Crippen molar-refractivity contribution in [3.05, 3.63) is 166 Å². The fourth-order valence-electron chi connectivity index (χ4n) is 6.25. The second kappa shape index (κ2) is 13.2. The van der Waals surface area contributed by atoms with Gasteiger partial charge in [0.15, 0.2) is 23.3 Å². The Bertz CT molecular complexity index is 2410. The molecule has 0 aliphatic carbocycles. The lowest BCUT2D eigenvalue weighted by Gasteiger charge is -2.17. The highest BCUT2D eigenvalue weighted by molar-refractivity contribution is 6.35. The van der Waals surface area contributed by atoms with E-state index in [0.29, 0.717) is 0 Å². The third-order valence-corrected chi connectivity index (χ3v) is 8.91. The molecule has 8 nitrogen and oxygen atoms in total. The molecule has 0 unspecified atom stereocenters. The van der Waals surface area contributed by atoms with Crippen molar-refractivity contribution in [1.82, 2.24) is 0 Å². The maximum absolute atomic E-state index is 15.3. The number of carbonyl (C=O) groups excluding carboxylic acids is 4. The van der Waals surface area contributed by atoms with Gasteiger partial charge >= 0.3 is 0 Å². The molecule has 0 fully saturated rings. The molecular weight excluding hydrogens is 756 g/mol. The second-order valence-electron chi connectivity index (χ2n) is 12.1. The molecule has 2 aliphatic rings. The van der Waals surface area contributed by atoms with Crippen LogP contribution in [0.25, 0.3) is 11.1 Å². The number of amides is 4. The van der Waals surface area contributed by atoms with E-state index in [0.717, 1.165) is 58.3 Å². The van der Waals surface area contributed by atoms with Gasteiger partial charge in [-0.2, -0.15) is 17.6 Å². The summed E-state index contributed by atoms with van der Waals surface area (Å²) in [6.45, 7) is 0. The predicted octanol–water partition coefficient (Wildman–Crippen LogP) is 9.65. The molecule has 0 bridgehead atoms. The first-order valence-electron chi connectivity index (χ1n) is 16.0. The number of nitrogens with zero attached hydrogens (tertiary/aromatic N) is 2. The third-order valence-electron chi connectivity index (χ3n) is 8.91. The maximum atomic E-state index is 15.3. The highest BCUT2D eigenvalue weighted by Crippen LogP contribution is 2.44. The molecule has 16 heteroatoms.